The number of carboxylic acids is 1. The second-order valence-electron chi connectivity index (χ2n) is 8.04. The lowest BCUT2D eigenvalue weighted by Gasteiger charge is -2.10. The molecule has 0 radical (unpaired) electrons. The molecule has 0 spiro atoms. The Bertz CT molecular complexity index is 581. The number of aliphatic carboxylic acids is 1. The maximum atomic E-state index is 10.6. The minimum Gasteiger partial charge on any atom is -0.478 e. The first-order valence-corrected chi connectivity index (χ1v) is 10.2. The molecule has 0 aliphatic rings. The van der Waals surface area contributed by atoms with E-state index in [1.165, 1.54) is 54.9 Å². The highest BCUT2D eigenvalue weighted by atomic mass is 16.4. The molecule has 0 aromatic heterocycles. The van der Waals surface area contributed by atoms with E-state index in [4.69, 9.17) is 5.11 Å². The molecule has 0 saturated heterocycles. The predicted molar refractivity (Wildman–Crippen MR) is 119 cm³/mol. The minimum absolute atomic E-state index is 0.748. The molecular formula is C25H40O2. The Balaban J connectivity index is 4.07. The summed E-state index contributed by atoms with van der Waals surface area (Å²) >= 11 is 0. The number of carboxylic acid groups (broad SMARTS) is 1. The highest BCUT2D eigenvalue weighted by molar-refractivity contribution is 5.81. The molecule has 0 bridgehead atoms. The molecule has 0 saturated carbocycles. The third kappa shape index (κ3) is 17.3. The zero-order valence-corrected chi connectivity index (χ0v) is 18.3. The molecule has 2 nitrogen and oxygen atoms in total. The third-order valence-electron chi connectivity index (χ3n) is 4.60. The Labute approximate surface area is 167 Å². The van der Waals surface area contributed by atoms with Gasteiger partial charge in [-0.2, -0.15) is 0 Å². The van der Waals surface area contributed by atoms with E-state index >= 15 is 0 Å². The molecule has 2 heteroatoms. The Morgan fingerprint density at radius 2 is 1.63 bits per heavy atom. The summed E-state index contributed by atoms with van der Waals surface area (Å²) in [4.78, 5) is 10.6. The largest absolute Gasteiger partial charge is 0.478 e. The molecule has 1 atom stereocenters. The van der Waals surface area contributed by atoms with Crippen molar-refractivity contribution < 1.29 is 9.90 Å². The maximum Gasteiger partial charge on any atom is 0.328 e. The lowest BCUT2D eigenvalue weighted by molar-refractivity contribution is -0.131. The van der Waals surface area contributed by atoms with Gasteiger partial charge in [-0.15, -0.1) is 0 Å². The fourth-order valence-electron chi connectivity index (χ4n) is 2.87. The van der Waals surface area contributed by atoms with Crippen LogP contribution in [0.15, 0.2) is 58.7 Å². The SMILES string of the molecule is CC(C)=CCCC(C)CCCC(C)=CCCC(C)=CC=CC(C)=CC(=O)O. The average Bonchev–Trinajstić information content (AvgIpc) is 2.53. The van der Waals surface area contributed by atoms with Crippen LogP contribution >= 0.6 is 0 Å². The highest BCUT2D eigenvalue weighted by Gasteiger charge is 2.01. The van der Waals surface area contributed by atoms with Crippen LogP contribution < -0.4 is 0 Å². The number of carbonyl (C=O) groups is 1. The molecule has 1 N–H and O–H groups in total. The molecule has 0 rings (SSSR count). The summed E-state index contributed by atoms with van der Waals surface area (Å²) in [5, 5.41) is 8.68. The molecule has 152 valence electrons. The Hall–Kier alpha value is -1.83. The van der Waals surface area contributed by atoms with Crippen LogP contribution in [0.25, 0.3) is 0 Å². The summed E-state index contributed by atoms with van der Waals surface area (Å²) in [5.74, 6) is -0.0928. The quantitative estimate of drug-likeness (QED) is 0.203. The van der Waals surface area contributed by atoms with Gasteiger partial charge in [-0.3, -0.25) is 0 Å². The van der Waals surface area contributed by atoms with Gasteiger partial charge in [0.15, 0.2) is 0 Å². The molecular weight excluding hydrogens is 332 g/mol. The first-order chi connectivity index (χ1) is 12.7. The van der Waals surface area contributed by atoms with Crippen molar-refractivity contribution in [2.45, 2.75) is 86.5 Å². The second-order valence-corrected chi connectivity index (χ2v) is 8.04. The second kappa shape index (κ2) is 15.2. The molecule has 0 amide bonds. The molecule has 0 fully saturated rings. The van der Waals surface area contributed by atoms with Gasteiger partial charge in [-0.05, 0) is 84.6 Å². The summed E-state index contributed by atoms with van der Waals surface area (Å²) < 4.78 is 0. The fourth-order valence-corrected chi connectivity index (χ4v) is 2.87. The van der Waals surface area contributed by atoms with E-state index in [1.807, 2.05) is 12.2 Å². The van der Waals surface area contributed by atoms with Crippen LogP contribution in [-0.2, 0) is 4.79 Å². The van der Waals surface area contributed by atoms with Crippen LogP contribution in [0.3, 0.4) is 0 Å². The van der Waals surface area contributed by atoms with Crippen molar-refractivity contribution in [2.75, 3.05) is 0 Å². The van der Waals surface area contributed by atoms with Crippen molar-refractivity contribution in [1.29, 1.82) is 0 Å². The molecule has 0 aliphatic heterocycles. The molecule has 1 unspecified atom stereocenters. The molecule has 0 aromatic carbocycles. The van der Waals surface area contributed by atoms with E-state index < -0.39 is 5.97 Å². The summed E-state index contributed by atoms with van der Waals surface area (Å²) in [7, 11) is 0. The van der Waals surface area contributed by atoms with E-state index in [0.717, 1.165) is 24.3 Å². The smallest absolute Gasteiger partial charge is 0.328 e. The summed E-state index contributed by atoms with van der Waals surface area (Å²) in [6.07, 6.45) is 20.2. The van der Waals surface area contributed by atoms with Gasteiger partial charge < -0.3 is 5.11 Å². The standard InChI is InChI=1S/C25H40O2/c1-20(2)11-7-12-21(3)13-8-14-22(4)15-9-16-23(5)17-10-18-24(6)19-25(26)27/h10-11,15,17-19,21H,7-9,12-14,16H2,1-6H3,(H,26,27). The van der Waals surface area contributed by atoms with Crippen molar-refractivity contribution in [3.63, 3.8) is 0 Å². The van der Waals surface area contributed by atoms with Gasteiger partial charge in [0.1, 0.15) is 0 Å². The number of rotatable bonds is 13. The molecule has 0 aromatic rings. The zero-order valence-electron chi connectivity index (χ0n) is 18.3. The van der Waals surface area contributed by atoms with Crippen molar-refractivity contribution in [1.82, 2.24) is 0 Å². The fraction of sp³-hybridized carbons (Fsp3) is 0.560. The topological polar surface area (TPSA) is 37.3 Å². The van der Waals surface area contributed by atoms with Gasteiger partial charge in [0.25, 0.3) is 0 Å². The van der Waals surface area contributed by atoms with Gasteiger partial charge in [-0.25, -0.2) is 4.79 Å². The molecule has 0 heterocycles. The summed E-state index contributed by atoms with van der Waals surface area (Å²) in [5.41, 5.74) is 4.98. The van der Waals surface area contributed by atoms with E-state index in [1.54, 1.807) is 6.92 Å². The van der Waals surface area contributed by atoms with Gasteiger partial charge in [0.2, 0.25) is 0 Å². The monoisotopic (exact) mass is 372 g/mol. The lowest BCUT2D eigenvalue weighted by Crippen LogP contribution is -1.94. The average molecular weight is 373 g/mol. The van der Waals surface area contributed by atoms with Crippen LogP contribution in [0.5, 0.6) is 0 Å². The van der Waals surface area contributed by atoms with Crippen LogP contribution in [0.1, 0.15) is 86.5 Å². The summed E-state index contributed by atoms with van der Waals surface area (Å²) in [6, 6.07) is 0. The molecule has 0 aliphatic carbocycles. The Morgan fingerprint density at radius 3 is 2.26 bits per heavy atom. The number of hydrogen-bond donors (Lipinski definition) is 1. The first kappa shape index (κ1) is 25.2. The van der Waals surface area contributed by atoms with Crippen LogP contribution in [0.4, 0.5) is 0 Å². The number of allylic oxidation sites excluding steroid dienone is 9. The van der Waals surface area contributed by atoms with Crippen molar-refractivity contribution in [3.05, 3.63) is 58.7 Å². The zero-order chi connectivity index (χ0) is 20.7. The third-order valence-corrected chi connectivity index (χ3v) is 4.60. The van der Waals surface area contributed by atoms with Gasteiger partial charge in [0, 0.05) is 6.08 Å². The summed E-state index contributed by atoms with van der Waals surface area (Å²) in [6.45, 7) is 12.9. The van der Waals surface area contributed by atoms with Crippen LogP contribution in [0.2, 0.25) is 0 Å². The van der Waals surface area contributed by atoms with Gasteiger partial charge in [-0.1, -0.05) is 60.4 Å². The van der Waals surface area contributed by atoms with E-state index in [9.17, 15) is 4.79 Å². The Morgan fingerprint density at radius 1 is 0.926 bits per heavy atom. The van der Waals surface area contributed by atoms with Crippen molar-refractivity contribution >= 4 is 5.97 Å². The maximum absolute atomic E-state index is 10.6. The van der Waals surface area contributed by atoms with Crippen LogP contribution in [0, 0.1) is 5.92 Å². The van der Waals surface area contributed by atoms with Crippen LogP contribution in [-0.4, -0.2) is 11.1 Å². The Kier molecular flexibility index (Phi) is 14.2. The first-order valence-electron chi connectivity index (χ1n) is 10.2. The predicted octanol–water partition coefficient (Wildman–Crippen LogP) is 7.80. The van der Waals surface area contributed by atoms with Gasteiger partial charge in [0.05, 0.1) is 0 Å². The van der Waals surface area contributed by atoms with Gasteiger partial charge >= 0.3 is 5.97 Å². The number of hydrogen-bond acceptors (Lipinski definition) is 1. The normalized spacial score (nSPS) is 14.5. The lowest BCUT2D eigenvalue weighted by atomic mass is 9.96. The minimum atomic E-state index is -0.902. The van der Waals surface area contributed by atoms with Crippen molar-refractivity contribution in [3.8, 4) is 0 Å². The van der Waals surface area contributed by atoms with E-state index in [2.05, 4.69) is 52.8 Å². The highest BCUT2D eigenvalue weighted by Crippen LogP contribution is 2.18. The van der Waals surface area contributed by atoms with Crippen molar-refractivity contribution in [2.24, 2.45) is 5.92 Å². The molecule has 27 heavy (non-hydrogen) atoms. The van der Waals surface area contributed by atoms with E-state index in [-0.39, 0.29) is 0 Å². The van der Waals surface area contributed by atoms with E-state index in [0.29, 0.717) is 0 Å².